The van der Waals surface area contributed by atoms with Crippen molar-refractivity contribution in [2.75, 3.05) is 13.1 Å². The van der Waals surface area contributed by atoms with E-state index in [0.717, 1.165) is 30.7 Å². The molecule has 4 nitrogen and oxygen atoms in total. The first kappa shape index (κ1) is 17.6. The van der Waals surface area contributed by atoms with Crippen molar-refractivity contribution < 1.29 is 15.0 Å². The summed E-state index contributed by atoms with van der Waals surface area (Å²) in [6.45, 7) is 1.36. The zero-order valence-electron chi connectivity index (χ0n) is 14.0. The molecule has 1 saturated heterocycles. The summed E-state index contributed by atoms with van der Waals surface area (Å²) in [5, 5.41) is 20.0. The number of halogens is 1. The summed E-state index contributed by atoms with van der Waals surface area (Å²) in [4.78, 5) is 14.3. The molecule has 132 valence electrons. The molecule has 0 saturated carbocycles. The van der Waals surface area contributed by atoms with Crippen LogP contribution in [0.25, 0.3) is 0 Å². The van der Waals surface area contributed by atoms with Gasteiger partial charge in [0.1, 0.15) is 11.5 Å². The highest BCUT2D eigenvalue weighted by Gasteiger charge is 2.25. The Balaban J connectivity index is 1.56. The zero-order valence-corrected chi connectivity index (χ0v) is 14.7. The van der Waals surface area contributed by atoms with Crippen molar-refractivity contribution in [1.82, 2.24) is 4.90 Å². The summed E-state index contributed by atoms with van der Waals surface area (Å²) in [7, 11) is 0. The predicted octanol–water partition coefficient (Wildman–Crippen LogP) is 4.35. The standard InChI is InChI=1S/C20H22ClNO3/c21-16-3-1-2-14(4-5-16)12-15-8-10-22(11-9-15)20(25)18-7-6-17(23)13-19(18)24/h2-7,13,15,23-24H,1,8-12H2. The molecule has 3 rings (SSSR count). The molecule has 1 aliphatic carbocycles. The Morgan fingerprint density at radius 3 is 2.64 bits per heavy atom. The van der Waals surface area contributed by atoms with Gasteiger partial charge in [0.2, 0.25) is 0 Å². The average Bonchev–Trinajstić information content (AvgIpc) is 2.79. The summed E-state index contributed by atoms with van der Waals surface area (Å²) < 4.78 is 0. The summed E-state index contributed by atoms with van der Waals surface area (Å²) in [5.41, 5.74) is 1.54. The van der Waals surface area contributed by atoms with Gasteiger partial charge >= 0.3 is 0 Å². The third-order valence-electron chi connectivity index (χ3n) is 4.79. The maximum atomic E-state index is 12.6. The largest absolute Gasteiger partial charge is 0.508 e. The van der Waals surface area contributed by atoms with Gasteiger partial charge in [0, 0.05) is 24.2 Å². The second-order valence-electron chi connectivity index (χ2n) is 6.58. The van der Waals surface area contributed by atoms with Crippen LogP contribution in [0.15, 0.2) is 53.1 Å². The van der Waals surface area contributed by atoms with Crippen LogP contribution in [0.5, 0.6) is 11.5 Å². The number of carbonyl (C=O) groups excluding carboxylic acids is 1. The molecular weight excluding hydrogens is 338 g/mol. The lowest BCUT2D eigenvalue weighted by Crippen LogP contribution is -2.38. The third-order valence-corrected chi connectivity index (χ3v) is 5.07. The molecule has 5 heteroatoms. The lowest BCUT2D eigenvalue weighted by Gasteiger charge is -2.32. The SMILES string of the molecule is O=C(c1ccc(O)cc1O)N1CCC(CC2=CCC=C(Cl)C=C2)CC1. The van der Waals surface area contributed by atoms with Crippen LogP contribution in [0.1, 0.15) is 36.0 Å². The molecule has 0 spiro atoms. The van der Waals surface area contributed by atoms with Crippen molar-refractivity contribution >= 4 is 17.5 Å². The van der Waals surface area contributed by atoms with Gasteiger partial charge in [-0.25, -0.2) is 0 Å². The first-order valence-electron chi connectivity index (χ1n) is 8.57. The highest BCUT2D eigenvalue weighted by Crippen LogP contribution is 2.29. The maximum absolute atomic E-state index is 12.6. The van der Waals surface area contributed by atoms with E-state index in [-0.39, 0.29) is 23.0 Å². The number of aromatic hydroxyl groups is 2. The number of piperidine rings is 1. The van der Waals surface area contributed by atoms with Gasteiger partial charge in [-0.05, 0) is 49.8 Å². The summed E-state index contributed by atoms with van der Waals surface area (Å²) >= 11 is 6.02. The molecule has 1 aromatic carbocycles. The minimum Gasteiger partial charge on any atom is -0.508 e. The van der Waals surface area contributed by atoms with E-state index in [4.69, 9.17) is 11.6 Å². The van der Waals surface area contributed by atoms with Gasteiger partial charge < -0.3 is 15.1 Å². The molecular formula is C20H22ClNO3. The minimum atomic E-state index is -0.180. The van der Waals surface area contributed by atoms with E-state index in [0.29, 0.717) is 19.0 Å². The van der Waals surface area contributed by atoms with Gasteiger partial charge in [-0.1, -0.05) is 35.4 Å². The normalized spacial score (nSPS) is 18.5. The number of hydrogen-bond acceptors (Lipinski definition) is 3. The van der Waals surface area contributed by atoms with Crippen molar-refractivity contribution in [3.05, 3.63) is 58.7 Å². The molecule has 0 radical (unpaired) electrons. The van der Waals surface area contributed by atoms with Crippen molar-refractivity contribution in [1.29, 1.82) is 0 Å². The Morgan fingerprint density at radius 1 is 1.16 bits per heavy atom. The van der Waals surface area contributed by atoms with E-state index in [1.54, 1.807) is 4.90 Å². The van der Waals surface area contributed by atoms with Crippen LogP contribution in [0, 0.1) is 5.92 Å². The summed E-state index contributed by atoms with van der Waals surface area (Å²) in [5.74, 6) is 0.142. The third kappa shape index (κ3) is 4.45. The average molecular weight is 360 g/mol. The molecule has 2 N–H and O–H groups in total. The Morgan fingerprint density at radius 2 is 1.92 bits per heavy atom. The molecule has 1 aliphatic heterocycles. The Labute approximate surface area is 152 Å². The minimum absolute atomic E-state index is 0.0490. The van der Waals surface area contributed by atoms with Crippen LogP contribution in [0.3, 0.4) is 0 Å². The number of carbonyl (C=O) groups is 1. The fourth-order valence-corrected chi connectivity index (χ4v) is 3.49. The van der Waals surface area contributed by atoms with Crippen molar-refractivity contribution in [3.8, 4) is 11.5 Å². The Kier molecular flexibility index (Phi) is 5.49. The number of nitrogens with zero attached hydrogens (tertiary/aromatic N) is 1. The number of likely N-dealkylation sites (tertiary alicyclic amines) is 1. The highest BCUT2D eigenvalue weighted by atomic mass is 35.5. The van der Waals surface area contributed by atoms with E-state index in [1.807, 2.05) is 12.2 Å². The molecule has 0 unspecified atom stereocenters. The first-order chi connectivity index (χ1) is 12.0. The number of phenols is 2. The number of phenolic OH excluding ortho intramolecular Hbond substituents is 2. The Bertz CT molecular complexity index is 743. The topological polar surface area (TPSA) is 60.8 Å². The number of rotatable bonds is 3. The van der Waals surface area contributed by atoms with Crippen LogP contribution in [0.4, 0.5) is 0 Å². The summed E-state index contributed by atoms with van der Waals surface area (Å²) in [6, 6.07) is 4.09. The molecule has 1 aromatic rings. The Hall–Kier alpha value is -2.20. The second kappa shape index (κ2) is 7.79. The molecule has 0 atom stereocenters. The van der Waals surface area contributed by atoms with Crippen molar-refractivity contribution in [2.45, 2.75) is 25.7 Å². The lowest BCUT2D eigenvalue weighted by molar-refractivity contribution is 0.0688. The van der Waals surface area contributed by atoms with Gasteiger partial charge in [-0.2, -0.15) is 0 Å². The highest BCUT2D eigenvalue weighted by molar-refractivity contribution is 6.31. The monoisotopic (exact) mass is 359 g/mol. The van der Waals surface area contributed by atoms with Gasteiger partial charge in [0.15, 0.2) is 0 Å². The second-order valence-corrected chi connectivity index (χ2v) is 7.01. The van der Waals surface area contributed by atoms with E-state index >= 15 is 0 Å². The van der Waals surface area contributed by atoms with Gasteiger partial charge in [-0.3, -0.25) is 4.79 Å². The molecule has 0 bridgehead atoms. The molecule has 2 aliphatic rings. The van der Waals surface area contributed by atoms with E-state index in [9.17, 15) is 15.0 Å². The van der Waals surface area contributed by atoms with Gasteiger partial charge in [0.25, 0.3) is 5.91 Å². The van der Waals surface area contributed by atoms with Crippen LogP contribution < -0.4 is 0 Å². The number of hydrogen-bond donors (Lipinski definition) is 2. The number of amides is 1. The molecule has 25 heavy (non-hydrogen) atoms. The quantitative estimate of drug-likeness (QED) is 0.843. The smallest absolute Gasteiger partial charge is 0.257 e. The van der Waals surface area contributed by atoms with E-state index in [1.165, 1.54) is 23.8 Å². The van der Waals surface area contributed by atoms with Gasteiger partial charge in [-0.15, -0.1) is 0 Å². The molecule has 1 fully saturated rings. The number of allylic oxidation sites excluding steroid dienone is 6. The molecule has 1 heterocycles. The predicted molar refractivity (Wildman–Crippen MR) is 98.8 cm³/mol. The fraction of sp³-hybridized carbons (Fsp3) is 0.350. The zero-order chi connectivity index (χ0) is 17.8. The summed E-state index contributed by atoms with van der Waals surface area (Å²) in [6.07, 6.45) is 12.0. The van der Waals surface area contributed by atoms with Crippen molar-refractivity contribution in [2.24, 2.45) is 5.92 Å². The van der Waals surface area contributed by atoms with Crippen LogP contribution in [0.2, 0.25) is 0 Å². The first-order valence-corrected chi connectivity index (χ1v) is 8.95. The van der Waals surface area contributed by atoms with E-state index in [2.05, 4.69) is 12.2 Å². The van der Waals surface area contributed by atoms with Crippen molar-refractivity contribution in [3.63, 3.8) is 0 Å². The van der Waals surface area contributed by atoms with Crippen LogP contribution in [-0.2, 0) is 0 Å². The maximum Gasteiger partial charge on any atom is 0.257 e. The number of benzene rings is 1. The fourth-order valence-electron chi connectivity index (χ4n) is 3.34. The van der Waals surface area contributed by atoms with Crippen LogP contribution >= 0.6 is 11.6 Å². The van der Waals surface area contributed by atoms with Crippen LogP contribution in [-0.4, -0.2) is 34.1 Å². The molecule has 1 amide bonds. The van der Waals surface area contributed by atoms with Gasteiger partial charge in [0.05, 0.1) is 5.56 Å². The van der Waals surface area contributed by atoms with E-state index < -0.39 is 0 Å². The molecule has 0 aromatic heterocycles. The lowest BCUT2D eigenvalue weighted by atomic mass is 9.89.